The van der Waals surface area contributed by atoms with Gasteiger partial charge in [0.1, 0.15) is 11.4 Å². The van der Waals surface area contributed by atoms with Crippen LogP contribution in [0.3, 0.4) is 0 Å². The van der Waals surface area contributed by atoms with E-state index in [9.17, 15) is 18.0 Å². The lowest BCUT2D eigenvalue weighted by Crippen LogP contribution is -2.24. The normalized spacial score (nSPS) is 11.4. The second-order valence-corrected chi connectivity index (χ2v) is 9.14. The Kier molecular flexibility index (Phi) is 5.96. The Hall–Kier alpha value is -3.27. The second kappa shape index (κ2) is 8.70. The molecular weight excluding hydrogens is 477 g/mol. The van der Waals surface area contributed by atoms with E-state index in [2.05, 4.69) is 10.0 Å². The number of para-hydroxylation sites is 2. The number of benzene rings is 3. The van der Waals surface area contributed by atoms with Gasteiger partial charge in [-0.15, -0.1) is 0 Å². The van der Waals surface area contributed by atoms with Crippen molar-refractivity contribution >= 4 is 61.6 Å². The Morgan fingerprint density at radius 2 is 1.53 bits per heavy atom. The summed E-state index contributed by atoms with van der Waals surface area (Å²) >= 11 is 12.0. The Morgan fingerprint density at radius 3 is 2.22 bits per heavy atom. The predicted octanol–water partition coefficient (Wildman–Crippen LogP) is 4.34. The van der Waals surface area contributed by atoms with Crippen LogP contribution in [0.5, 0.6) is 0 Å². The van der Waals surface area contributed by atoms with Crippen molar-refractivity contribution in [1.82, 2.24) is 4.57 Å². The van der Waals surface area contributed by atoms with Crippen molar-refractivity contribution in [2.45, 2.75) is 11.4 Å². The molecule has 0 unspecified atom stereocenters. The van der Waals surface area contributed by atoms with Gasteiger partial charge in [0.15, 0.2) is 5.58 Å². The molecule has 0 radical (unpaired) electrons. The minimum Gasteiger partial charge on any atom is -0.408 e. The van der Waals surface area contributed by atoms with E-state index in [0.29, 0.717) is 16.8 Å². The van der Waals surface area contributed by atoms with E-state index >= 15 is 0 Å². The van der Waals surface area contributed by atoms with Gasteiger partial charge in [0, 0.05) is 11.4 Å². The highest BCUT2D eigenvalue weighted by molar-refractivity contribution is 7.93. The van der Waals surface area contributed by atoms with Crippen LogP contribution in [-0.2, 0) is 21.4 Å². The van der Waals surface area contributed by atoms with Crippen LogP contribution in [0.2, 0.25) is 10.0 Å². The van der Waals surface area contributed by atoms with Crippen LogP contribution < -0.4 is 15.8 Å². The van der Waals surface area contributed by atoms with Gasteiger partial charge in [-0.3, -0.25) is 14.1 Å². The van der Waals surface area contributed by atoms with Crippen LogP contribution in [0.1, 0.15) is 0 Å². The highest BCUT2D eigenvalue weighted by Crippen LogP contribution is 2.30. The molecule has 0 saturated heterocycles. The quantitative estimate of drug-likeness (QED) is 0.416. The van der Waals surface area contributed by atoms with Crippen LogP contribution in [0.25, 0.3) is 11.1 Å². The molecule has 0 aliphatic carbocycles. The van der Waals surface area contributed by atoms with Gasteiger partial charge in [-0.1, -0.05) is 41.4 Å². The predicted molar refractivity (Wildman–Crippen MR) is 123 cm³/mol. The number of anilines is 2. The van der Waals surface area contributed by atoms with Crippen LogP contribution in [0.15, 0.2) is 80.8 Å². The molecule has 4 aromatic rings. The number of rotatable bonds is 6. The molecule has 1 amide bonds. The summed E-state index contributed by atoms with van der Waals surface area (Å²) in [5.74, 6) is -1.08. The zero-order valence-electron chi connectivity index (χ0n) is 16.2. The van der Waals surface area contributed by atoms with Crippen molar-refractivity contribution < 1.29 is 17.6 Å². The Morgan fingerprint density at radius 1 is 0.906 bits per heavy atom. The first-order chi connectivity index (χ1) is 15.2. The number of carbonyl (C=O) groups is 1. The molecule has 0 aliphatic heterocycles. The molecule has 4 rings (SSSR count). The number of fused-ring (bicyclic) bond motifs is 1. The molecule has 1 heterocycles. The zero-order chi connectivity index (χ0) is 22.9. The van der Waals surface area contributed by atoms with Crippen LogP contribution >= 0.6 is 23.2 Å². The maximum absolute atomic E-state index is 12.6. The summed E-state index contributed by atoms with van der Waals surface area (Å²) in [4.78, 5) is 24.2. The Balaban J connectivity index is 1.46. The van der Waals surface area contributed by atoms with Crippen LogP contribution in [-0.4, -0.2) is 18.9 Å². The topological polar surface area (TPSA) is 110 Å². The largest absolute Gasteiger partial charge is 0.420 e. The number of hydrogen-bond acceptors (Lipinski definition) is 5. The van der Waals surface area contributed by atoms with Gasteiger partial charge >= 0.3 is 5.76 Å². The summed E-state index contributed by atoms with van der Waals surface area (Å²) in [5.41, 5.74) is 1.56. The first-order valence-electron chi connectivity index (χ1n) is 9.20. The molecule has 11 heteroatoms. The van der Waals surface area contributed by atoms with Gasteiger partial charge in [0.05, 0.1) is 15.6 Å². The maximum atomic E-state index is 12.6. The van der Waals surface area contributed by atoms with Crippen LogP contribution in [0.4, 0.5) is 11.4 Å². The van der Waals surface area contributed by atoms with Crippen molar-refractivity contribution in [2.75, 3.05) is 10.0 Å². The summed E-state index contributed by atoms with van der Waals surface area (Å²) < 4.78 is 34.0. The number of nitrogens with one attached hydrogen (secondary N) is 2. The van der Waals surface area contributed by atoms with Gasteiger partial charge in [-0.2, -0.15) is 0 Å². The van der Waals surface area contributed by atoms with Crippen molar-refractivity contribution in [2.24, 2.45) is 0 Å². The first kappa shape index (κ1) is 21.9. The van der Waals surface area contributed by atoms with Gasteiger partial charge < -0.3 is 9.73 Å². The molecular formula is C21H15Cl2N3O5S. The Bertz CT molecular complexity index is 1460. The molecule has 1 aromatic heterocycles. The molecule has 0 fully saturated rings. The number of nitrogens with zero attached hydrogens (tertiary/aromatic N) is 1. The van der Waals surface area contributed by atoms with Crippen molar-refractivity contribution in [3.8, 4) is 0 Å². The third kappa shape index (κ3) is 4.50. The fraction of sp³-hybridized carbons (Fsp3) is 0.0476. The molecule has 0 saturated carbocycles. The summed E-state index contributed by atoms with van der Waals surface area (Å²) in [7, 11) is -4.02. The number of amides is 1. The molecule has 164 valence electrons. The van der Waals surface area contributed by atoms with Gasteiger partial charge in [0.25, 0.3) is 10.0 Å². The second-order valence-electron chi connectivity index (χ2n) is 6.70. The monoisotopic (exact) mass is 491 g/mol. The number of carbonyl (C=O) groups excluding carboxylic acids is 1. The number of sulfonamides is 1. The van der Waals surface area contributed by atoms with E-state index in [1.807, 2.05) is 0 Å². The molecule has 0 bridgehead atoms. The molecule has 0 spiro atoms. The third-order valence-electron chi connectivity index (χ3n) is 4.48. The summed E-state index contributed by atoms with van der Waals surface area (Å²) in [6.45, 7) is -0.241. The number of halogens is 2. The van der Waals surface area contributed by atoms with Gasteiger partial charge in [-0.25, -0.2) is 13.2 Å². The SMILES string of the molecule is O=C(Cn1c(=O)oc2ccccc21)Nc1ccc(NS(=O)(=O)c2c(Cl)cccc2Cl)cc1. The fourth-order valence-electron chi connectivity index (χ4n) is 3.07. The molecule has 0 atom stereocenters. The van der Waals surface area contributed by atoms with Crippen molar-refractivity contribution in [3.63, 3.8) is 0 Å². The van der Waals surface area contributed by atoms with E-state index in [4.69, 9.17) is 27.6 Å². The minimum atomic E-state index is -4.02. The van der Waals surface area contributed by atoms with Crippen molar-refractivity contribution in [3.05, 3.63) is 87.3 Å². The third-order valence-corrected chi connectivity index (χ3v) is 6.82. The highest BCUT2D eigenvalue weighted by atomic mass is 35.5. The smallest absolute Gasteiger partial charge is 0.408 e. The summed E-state index contributed by atoms with van der Waals surface area (Å²) in [6, 6.07) is 17.1. The van der Waals surface area contributed by atoms with E-state index in [1.165, 1.54) is 41.0 Å². The van der Waals surface area contributed by atoms with Crippen molar-refractivity contribution in [1.29, 1.82) is 0 Å². The minimum absolute atomic E-state index is 0.00380. The van der Waals surface area contributed by atoms with E-state index in [0.717, 1.165) is 0 Å². The Labute approximate surface area is 192 Å². The molecule has 2 N–H and O–H groups in total. The van der Waals surface area contributed by atoms with E-state index in [-0.39, 0.29) is 27.2 Å². The molecule has 3 aromatic carbocycles. The highest BCUT2D eigenvalue weighted by Gasteiger charge is 2.21. The maximum Gasteiger partial charge on any atom is 0.420 e. The van der Waals surface area contributed by atoms with Crippen LogP contribution in [0, 0.1) is 0 Å². The number of oxazole rings is 1. The summed E-state index contributed by atoms with van der Waals surface area (Å²) in [6.07, 6.45) is 0. The van der Waals surface area contributed by atoms with E-state index < -0.39 is 21.7 Å². The lowest BCUT2D eigenvalue weighted by atomic mass is 10.3. The van der Waals surface area contributed by atoms with Gasteiger partial charge in [0.2, 0.25) is 5.91 Å². The standard InChI is InChI=1S/C21H15Cl2N3O5S/c22-15-4-3-5-16(23)20(15)32(29,30)25-14-10-8-13(9-11-14)24-19(27)12-26-17-6-1-2-7-18(17)31-21(26)28/h1-11,25H,12H2,(H,24,27). The summed E-state index contributed by atoms with van der Waals surface area (Å²) in [5, 5.41) is 2.64. The zero-order valence-corrected chi connectivity index (χ0v) is 18.5. The molecule has 0 aliphatic rings. The fourth-order valence-corrected chi connectivity index (χ4v) is 5.28. The first-order valence-corrected chi connectivity index (χ1v) is 11.4. The average molecular weight is 492 g/mol. The lowest BCUT2D eigenvalue weighted by molar-refractivity contribution is -0.116. The average Bonchev–Trinajstić information content (AvgIpc) is 3.04. The van der Waals surface area contributed by atoms with E-state index in [1.54, 1.807) is 30.3 Å². The lowest BCUT2D eigenvalue weighted by Gasteiger charge is -2.12. The molecule has 8 nitrogen and oxygen atoms in total. The van der Waals surface area contributed by atoms with Gasteiger partial charge in [-0.05, 0) is 48.5 Å². The number of aromatic nitrogens is 1. The number of hydrogen-bond donors (Lipinski definition) is 2. The molecule has 32 heavy (non-hydrogen) atoms.